The van der Waals surface area contributed by atoms with E-state index in [1.54, 1.807) is 24.6 Å². The third-order valence-electron chi connectivity index (χ3n) is 2.78. The average molecular weight is 292 g/mol. The van der Waals surface area contributed by atoms with Crippen molar-refractivity contribution in [2.45, 2.75) is 32.7 Å². The first-order chi connectivity index (χ1) is 9.70. The molecule has 2 heterocycles. The Kier molecular flexibility index (Phi) is 5.43. The van der Waals surface area contributed by atoms with Crippen molar-refractivity contribution in [3.05, 3.63) is 23.3 Å². The zero-order chi connectivity index (χ0) is 14.4. The van der Waals surface area contributed by atoms with Crippen molar-refractivity contribution in [1.82, 2.24) is 20.5 Å². The van der Waals surface area contributed by atoms with Crippen molar-refractivity contribution in [2.75, 3.05) is 13.7 Å². The number of aryl methyl sites for hydroxylation is 1. The highest BCUT2D eigenvalue weighted by atomic mass is 32.1. The molecule has 0 fully saturated rings. The lowest BCUT2D eigenvalue weighted by molar-refractivity contribution is 0.399. The molecule has 108 valence electrons. The Balaban J connectivity index is 1.98. The normalized spacial score (nSPS) is 11.0. The molecule has 2 aromatic rings. The van der Waals surface area contributed by atoms with Crippen LogP contribution in [0, 0.1) is 0 Å². The number of methoxy groups -OCH3 is 1. The van der Waals surface area contributed by atoms with Crippen LogP contribution in [0.5, 0.6) is 5.88 Å². The number of ether oxygens (including phenoxy) is 1. The highest BCUT2D eigenvalue weighted by Crippen LogP contribution is 2.30. The number of rotatable bonds is 7. The van der Waals surface area contributed by atoms with Crippen molar-refractivity contribution in [3.63, 3.8) is 0 Å². The summed E-state index contributed by atoms with van der Waals surface area (Å²) in [6, 6.07) is 4.36. The predicted molar refractivity (Wildman–Crippen MR) is 81.2 cm³/mol. The van der Waals surface area contributed by atoms with Crippen LogP contribution in [0.4, 0.5) is 0 Å². The fourth-order valence-electron chi connectivity index (χ4n) is 1.81. The Morgan fingerprint density at radius 2 is 2.20 bits per heavy atom. The molecule has 0 aliphatic rings. The van der Waals surface area contributed by atoms with E-state index in [0.717, 1.165) is 35.0 Å². The minimum atomic E-state index is 0.527. The summed E-state index contributed by atoms with van der Waals surface area (Å²) in [5.41, 5.74) is 0.902. The van der Waals surface area contributed by atoms with Gasteiger partial charge in [-0.05, 0) is 25.1 Å². The molecule has 0 aliphatic carbocycles. The maximum Gasteiger partial charge on any atom is 0.223 e. The van der Waals surface area contributed by atoms with E-state index in [1.165, 1.54) is 0 Å². The molecule has 0 atom stereocenters. The van der Waals surface area contributed by atoms with Crippen LogP contribution in [-0.4, -0.2) is 34.9 Å². The molecule has 0 spiro atoms. The number of nitrogens with one attached hydrogen (secondary N) is 1. The maximum atomic E-state index is 5.25. The Hall–Kier alpha value is -1.53. The third-order valence-corrected chi connectivity index (χ3v) is 3.80. The molecule has 2 aromatic heterocycles. The zero-order valence-corrected chi connectivity index (χ0v) is 12.9. The summed E-state index contributed by atoms with van der Waals surface area (Å²) in [6.07, 6.45) is 3.72. The van der Waals surface area contributed by atoms with Crippen LogP contribution in [0.25, 0.3) is 10.6 Å². The molecule has 2 rings (SSSR count). The molecule has 0 radical (unpaired) electrons. The number of nitrogens with zero attached hydrogens (tertiary/aromatic N) is 3. The van der Waals surface area contributed by atoms with Gasteiger partial charge in [-0.2, -0.15) is 0 Å². The first-order valence-corrected chi connectivity index (χ1v) is 7.57. The largest absolute Gasteiger partial charge is 0.480 e. The van der Waals surface area contributed by atoms with E-state index in [4.69, 9.17) is 4.74 Å². The monoisotopic (exact) mass is 292 g/mol. The lowest BCUT2D eigenvalue weighted by Crippen LogP contribution is -2.23. The summed E-state index contributed by atoms with van der Waals surface area (Å²) in [6.45, 7) is 5.30. The first kappa shape index (κ1) is 14.9. The molecule has 0 saturated heterocycles. The van der Waals surface area contributed by atoms with E-state index in [2.05, 4.69) is 34.3 Å². The quantitative estimate of drug-likeness (QED) is 0.795. The van der Waals surface area contributed by atoms with Gasteiger partial charge in [0.2, 0.25) is 5.88 Å². The standard InChI is InChI=1S/C14H20N4OS/c1-10(2)15-8-5-7-12-17-18-14(20-12)11-6-4-9-16-13(11)19-3/h4,6,9-10,15H,5,7-8H2,1-3H3. The van der Waals surface area contributed by atoms with Gasteiger partial charge in [-0.1, -0.05) is 25.2 Å². The van der Waals surface area contributed by atoms with Crippen molar-refractivity contribution < 1.29 is 4.74 Å². The number of hydrogen-bond donors (Lipinski definition) is 1. The van der Waals surface area contributed by atoms with Crippen molar-refractivity contribution in [1.29, 1.82) is 0 Å². The summed E-state index contributed by atoms with van der Waals surface area (Å²) in [5.74, 6) is 0.594. The molecule has 0 saturated carbocycles. The topological polar surface area (TPSA) is 59.9 Å². The first-order valence-electron chi connectivity index (χ1n) is 6.76. The van der Waals surface area contributed by atoms with Gasteiger partial charge < -0.3 is 10.1 Å². The van der Waals surface area contributed by atoms with Crippen LogP contribution >= 0.6 is 11.3 Å². The molecule has 20 heavy (non-hydrogen) atoms. The molecular formula is C14H20N4OS. The predicted octanol–water partition coefficient (Wildman–Crippen LogP) is 2.54. The van der Waals surface area contributed by atoms with Crippen LogP contribution in [0.15, 0.2) is 18.3 Å². The second-order valence-corrected chi connectivity index (χ2v) is 5.84. The van der Waals surface area contributed by atoms with Crippen LogP contribution in [0.3, 0.4) is 0 Å². The molecule has 0 unspecified atom stereocenters. The maximum absolute atomic E-state index is 5.25. The van der Waals surface area contributed by atoms with Gasteiger partial charge in [0, 0.05) is 18.7 Å². The molecule has 0 amide bonds. The van der Waals surface area contributed by atoms with E-state index in [-0.39, 0.29) is 0 Å². The van der Waals surface area contributed by atoms with E-state index in [0.29, 0.717) is 11.9 Å². The Bertz CT molecular complexity index is 541. The summed E-state index contributed by atoms with van der Waals surface area (Å²) in [5, 5.41) is 13.8. The number of pyridine rings is 1. The van der Waals surface area contributed by atoms with E-state index >= 15 is 0 Å². The van der Waals surface area contributed by atoms with Gasteiger partial charge in [0.1, 0.15) is 5.01 Å². The SMILES string of the molecule is COc1ncccc1-c1nnc(CCCNC(C)C)s1. The highest BCUT2D eigenvalue weighted by Gasteiger charge is 2.12. The average Bonchev–Trinajstić information content (AvgIpc) is 2.92. The molecule has 0 aliphatic heterocycles. The number of hydrogen-bond acceptors (Lipinski definition) is 6. The van der Waals surface area contributed by atoms with Crippen LogP contribution in [0.1, 0.15) is 25.3 Å². The Morgan fingerprint density at radius 1 is 1.35 bits per heavy atom. The van der Waals surface area contributed by atoms with E-state index < -0.39 is 0 Å². The van der Waals surface area contributed by atoms with E-state index in [1.807, 2.05) is 12.1 Å². The molecule has 0 bridgehead atoms. The Morgan fingerprint density at radius 3 is 2.95 bits per heavy atom. The minimum Gasteiger partial charge on any atom is -0.480 e. The van der Waals surface area contributed by atoms with Gasteiger partial charge >= 0.3 is 0 Å². The van der Waals surface area contributed by atoms with Gasteiger partial charge in [0.25, 0.3) is 0 Å². The molecule has 0 aromatic carbocycles. The van der Waals surface area contributed by atoms with Gasteiger partial charge in [-0.15, -0.1) is 10.2 Å². The van der Waals surface area contributed by atoms with Crippen molar-refractivity contribution in [2.24, 2.45) is 0 Å². The summed E-state index contributed by atoms with van der Waals surface area (Å²) < 4.78 is 5.25. The third kappa shape index (κ3) is 3.98. The zero-order valence-electron chi connectivity index (χ0n) is 12.1. The molecule has 5 nitrogen and oxygen atoms in total. The Labute approximate surface area is 123 Å². The van der Waals surface area contributed by atoms with Crippen molar-refractivity contribution in [3.8, 4) is 16.5 Å². The fraction of sp³-hybridized carbons (Fsp3) is 0.500. The van der Waals surface area contributed by atoms with Crippen LogP contribution in [0.2, 0.25) is 0 Å². The lowest BCUT2D eigenvalue weighted by Gasteiger charge is -2.05. The van der Waals surface area contributed by atoms with E-state index in [9.17, 15) is 0 Å². The van der Waals surface area contributed by atoms with Crippen LogP contribution in [-0.2, 0) is 6.42 Å². The van der Waals surface area contributed by atoms with Crippen molar-refractivity contribution >= 4 is 11.3 Å². The second kappa shape index (κ2) is 7.31. The molecule has 6 heteroatoms. The van der Waals surface area contributed by atoms with Gasteiger partial charge in [-0.3, -0.25) is 0 Å². The molecular weight excluding hydrogens is 272 g/mol. The van der Waals surface area contributed by atoms with Gasteiger partial charge in [-0.25, -0.2) is 4.98 Å². The van der Waals surface area contributed by atoms with Gasteiger partial charge in [0.15, 0.2) is 5.01 Å². The minimum absolute atomic E-state index is 0.527. The fourth-order valence-corrected chi connectivity index (χ4v) is 2.71. The summed E-state index contributed by atoms with van der Waals surface area (Å²) >= 11 is 1.60. The smallest absolute Gasteiger partial charge is 0.223 e. The van der Waals surface area contributed by atoms with Gasteiger partial charge in [0.05, 0.1) is 12.7 Å². The highest BCUT2D eigenvalue weighted by molar-refractivity contribution is 7.14. The van der Waals surface area contributed by atoms with Crippen LogP contribution < -0.4 is 10.1 Å². The lowest BCUT2D eigenvalue weighted by atomic mass is 10.3. The molecule has 1 N–H and O–H groups in total. The number of aromatic nitrogens is 3. The summed E-state index contributed by atoms with van der Waals surface area (Å²) in [7, 11) is 1.62. The second-order valence-electron chi connectivity index (χ2n) is 4.77. The summed E-state index contributed by atoms with van der Waals surface area (Å²) in [4.78, 5) is 4.18.